The molecule has 0 aliphatic rings. The lowest BCUT2D eigenvalue weighted by Gasteiger charge is -2.14. The lowest BCUT2D eigenvalue weighted by atomic mass is 10.2. The van der Waals surface area contributed by atoms with Crippen molar-refractivity contribution in [2.45, 2.75) is 26.6 Å². The molecule has 0 spiro atoms. The van der Waals surface area contributed by atoms with Crippen LogP contribution in [0.2, 0.25) is 0 Å². The highest BCUT2D eigenvalue weighted by atomic mass is 16.5. The van der Waals surface area contributed by atoms with Gasteiger partial charge in [-0.3, -0.25) is 14.7 Å². The molecule has 0 radical (unpaired) electrons. The van der Waals surface area contributed by atoms with E-state index in [4.69, 9.17) is 15.2 Å². The summed E-state index contributed by atoms with van der Waals surface area (Å²) in [5, 5.41) is 9.00. The number of anilines is 1. The number of methoxy groups -OCH3 is 1. The van der Waals surface area contributed by atoms with Crippen LogP contribution in [0, 0.1) is 6.92 Å². The van der Waals surface area contributed by atoms with E-state index in [2.05, 4.69) is 15.5 Å². The van der Waals surface area contributed by atoms with Gasteiger partial charge in [0.05, 0.1) is 25.1 Å². The third kappa shape index (κ3) is 4.11. The summed E-state index contributed by atoms with van der Waals surface area (Å²) in [7, 11) is 1.58. The van der Waals surface area contributed by atoms with E-state index in [9.17, 15) is 9.59 Å². The van der Waals surface area contributed by atoms with Crippen molar-refractivity contribution in [2.75, 3.05) is 12.4 Å². The van der Waals surface area contributed by atoms with Gasteiger partial charge in [-0.1, -0.05) is 12.1 Å². The minimum absolute atomic E-state index is 0.0131. The largest absolute Gasteiger partial charge is 0.497 e. The van der Waals surface area contributed by atoms with Crippen LogP contribution in [0.5, 0.6) is 5.75 Å². The van der Waals surface area contributed by atoms with E-state index in [-0.39, 0.29) is 18.0 Å². The molecule has 4 N–H and O–H groups in total. The quantitative estimate of drug-likeness (QED) is 0.707. The summed E-state index contributed by atoms with van der Waals surface area (Å²) < 4.78 is 10.7. The summed E-state index contributed by atoms with van der Waals surface area (Å²) in [6.45, 7) is 3.55. The van der Waals surface area contributed by atoms with E-state index < -0.39 is 17.9 Å². The Morgan fingerprint density at radius 2 is 2.17 bits per heavy atom. The maximum atomic E-state index is 12.2. The first-order valence-electron chi connectivity index (χ1n) is 7.32. The van der Waals surface area contributed by atoms with Crippen LogP contribution in [0.3, 0.4) is 0 Å². The predicted molar refractivity (Wildman–Crippen MR) is 87.7 cm³/mol. The molecule has 128 valence electrons. The molecule has 0 unspecified atom stereocenters. The molecular formula is C16H20N4O4. The molecule has 24 heavy (non-hydrogen) atoms. The average Bonchev–Trinajstić information content (AvgIpc) is 2.93. The van der Waals surface area contributed by atoms with Crippen molar-refractivity contribution in [3.63, 3.8) is 0 Å². The highest BCUT2D eigenvalue weighted by Crippen LogP contribution is 2.18. The van der Waals surface area contributed by atoms with Crippen molar-refractivity contribution < 1.29 is 19.1 Å². The number of primary amides is 1. The minimum atomic E-state index is -0.730. The summed E-state index contributed by atoms with van der Waals surface area (Å²) in [5.74, 6) is -0.405. The number of rotatable bonds is 7. The van der Waals surface area contributed by atoms with Gasteiger partial charge < -0.3 is 20.5 Å². The molecule has 0 saturated carbocycles. The second-order valence-electron chi connectivity index (χ2n) is 5.23. The first-order valence-corrected chi connectivity index (χ1v) is 7.32. The maximum absolute atomic E-state index is 12.2. The maximum Gasteiger partial charge on any atom is 0.271 e. The van der Waals surface area contributed by atoms with Crippen LogP contribution < -0.4 is 15.8 Å². The number of hydrogen-bond donors (Lipinski definition) is 3. The van der Waals surface area contributed by atoms with Crippen molar-refractivity contribution in [2.24, 2.45) is 5.73 Å². The number of nitrogens with one attached hydrogen (secondary N) is 2. The molecule has 8 nitrogen and oxygen atoms in total. The fourth-order valence-electron chi connectivity index (χ4n) is 2.04. The van der Waals surface area contributed by atoms with Crippen molar-refractivity contribution in [3.05, 3.63) is 41.2 Å². The van der Waals surface area contributed by atoms with E-state index in [1.807, 2.05) is 24.3 Å². The number of aromatic amines is 1. The number of H-pyrrole nitrogens is 1. The Balaban J connectivity index is 1.97. The zero-order valence-corrected chi connectivity index (χ0v) is 13.8. The van der Waals surface area contributed by atoms with Crippen LogP contribution >= 0.6 is 0 Å². The molecule has 0 fully saturated rings. The number of nitrogens with zero attached hydrogens (tertiary/aromatic N) is 1. The molecule has 2 rings (SSSR count). The SMILES string of the molecule is COc1cccc(CO[C@@H](C)C(=O)Nc2c(C(N)=O)n[nH]c2C)c1. The van der Waals surface area contributed by atoms with Crippen LogP contribution in [0.25, 0.3) is 0 Å². The molecule has 0 saturated heterocycles. The van der Waals surface area contributed by atoms with Gasteiger partial charge in [0.2, 0.25) is 0 Å². The molecule has 8 heteroatoms. The number of ether oxygens (including phenoxy) is 2. The van der Waals surface area contributed by atoms with Gasteiger partial charge in [-0.25, -0.2) is 0 Å². The molecule has 1 aromatic carbocycles. The second-order valence-corrected chi connectivity index (χ2v) is 5.23. The van der Waals surface area contributed by atoms with E-state index in [1.54, 1.807) is 21.0 Å². The summed E-state index contributed by atoms with van der Waals surface area (Å²) >= 11 is 0. The summed E-state index contributed by atoms with van der Waals surface area (Å²) in [6, 6.07) is 7.37. The Hall–Kier alpha value is -2.87. The van der Waals surface area contributed by atoms with Crippen LogP contribution in [0.1, 0.15) is 28.7 Å². The predicted octanol–water partition coefficient (Wildman–Crippen LogP) is 1.37. The van der Waals surface area contributed by atoms with Crippen LogP contribution in [0.15, 0.2) is 24.3 Å². The van der Waals surface area contributed by atoms with Gasteiger partial charge in [0.1, 0.15) is 11.9 Å². The molecule has 0 bridgehead atoms. The van der Waals surface area contributed by atoms with Crippen LogP contribution in [0.4, 0.5) is 5.69 Å². The number of benzene rings is 1. The lowest BCUT2D eigenvalue weighted by Crippen LogP contribution is -2.29. The van der Waals surface area contributed by atoms with Crippen LogP contribution in [-0.2, 0) is 16.1 Å². The van der Waals surface area contributed by atoms with Gasteiger partial charge in [-0.15, -0.1) is 0 Å². The van der Waals surface area contributed by atoms with Gasteiger partial charge >= 0.3 is 0 Å². The van der Waals surface area contributed by atoms with E-state index in [0.717, 1.165) is 5.56 Å². The van der Waals surface area contributed by atoms with E-state index in [1.165, 1.54) is 0 Å². The van der Waals surface area contributed by atoms with Gasteiger partial charge in [0.25, 0.3) is 11.8 Å². The third-order valence-electron chi connectivity index (χ3n) is 3.43. The fraction of sp³-hybridized carbons (Fsp3) is 0.312. The Bertz CT molecular complexity index is 741. The minimum Gasteiger partial charge on any atom is -0.497 e. The molecule has 1 heterocycles. The molecule has 1 aromatic heterocycles. The van der Waals surface area contributed by atoms with Crippen LogP contribution in [-0.4, -0.2) is 35.2 Å². The molecule has 2 amide bonds. The Morgan fingerprint density at radius 3 is 2.83 bits per heavy atom. The zero-order chi connectivity index (χ0) is 17.7. The topological polar surface area (TPSA) is 119 Å². The monoisotopic (exact) mass is 332 g/mol. The smallest absolute Gasteiger partial charge is 0.271 e. The lowest BCUT2D eigenvalue weighted by molar-refractivity contribution is -0.127. The van der Waals surface area contributed by atoms with E-state index in [0.29, 0.717) is 11.4 Å². The Labute approximate surface area is 139 Å². The number of carbonyl (C=O) groups excluding carboxylic acids is 2. The number of aromatic nitrogens is 2. The highest BCUT2D eigenvalue weighted by molar-refractivity contribution is 6.03. The van der Waals surface area contributed by atoms with Crippen molar-refractivity contribution >= 4 is 17.5 Å². The van der Waals surface area contributed by atoms with E-state index >= 15 is 0 Å². The molecule has 1 atom stereocenters. The van der Waals surface area contributed by atoms with Gasteiger partial charge in [-0.2, -0.15) is 5.10 Å². The molecule has 2 aromatic rings. The molecule has 0 aliphatic heterocycles. The first kappa shape index (κ1) is 17.5. The first-order chi connectivity index (χ1) is 11.4. The van der Waals surface area contributed by atoms with Crippen molar-refractivity contribution in [1.82, 2.24) is 10.2 Å². The standard InChI is InChI=1S/C16H20N4O4/c1-9-13(14(15(17)21)20-19-9)18-16(22)10(2)24-8-11-5-4-6-12(7-11)23-3/h4-7,10H,8H2,1-3H3,(H2,17,21)(H,18,22)(H,19,20)/t10-/m0/s1. The van der Waals surface area contributed by atoms with Gasteiger partial charge in [0, 0.05) is 0 Å². The average molecular weight is 332 g/mol. The third-order valence-corrected chi connectivity index (χ3v) is 3.43. The number of hydrogen-bond acceptors (Lipinski definition) is 5. The molecular weight excluding hydrogens is 312 g/mol. The molecule has 0 aliphatic carbocycles. The summed E-state index contributed by atoms with van der Waals surface area (Å²) in [4.78, 5) is 23.5. The van der Waals surface area contributed by atoms with Gasteiger partial charge in [-0.05, 0) is 31.5 Å². The number of aryl methyl sites for hydroxylation is 1. The highest BCUT2D eigenvalue weighted by Gasteiger charge is 2.20. The number of nitrogens with two attached hydrogens (primary N) is 1. The van der Waals surface area contributed by atoms with Gasteiger partial charge in [0.15, 0.2) is 5.69 Å². The Morgan fingerprint density at radius 1 is 1.42 bits per heavy atom. The second kappa shape index (κ2) is 7.60. The fourth-order valence-corrected chi connectivity index (χ4v) is 2.04. The number of amides is 2. The zero-order valence-electron chi connectivity index (χ0n) is 13.8. The summed E-state index contributed by atoms with van der Waals surface area (Å²) in [6.07, 6.45) is -0.730. The summed E-state index contributed by atoms with van der Waals surface area (Å²) in [5.41, 5.74) is 6.90. The Kier molecular flexibility index (Phi) is 5.54. The number of carbonyl (C=O) groups is 2. The van der Waals surface area contributed by atoms with Crippen molar-refractivity contribution in [3.8, 4) is 5.75 Å². The van der Waals surface area contributed by atoms with Crippen molar-refractivity contribution in [1.29, 1.82) is 0 Å². The normalized spacial score (nSPS) is 11.8.